The van der Waals surface area contributed by atoms with Crippen molar-refractivity contribution in [3.05, 3.63) is 71.8 Å². The van der Waals surface area contributed by atoms with Crippen LogP contribution in [0.25, 0.3) is 11.2 Å². The second-order valence-corrected chi connectivity index (χ2v) is 5.49. The molecule has 4 rings (SSSR count). The van der Waals surface area contributed by atoms with Crippen molar-refractivity contribution in [1.29, 1.82) is 0 Å². The highest BCUT2D eigenvalue weighted by molar-refractivity contribution is 5.84. The number of hydrogen-bond donors (Lipinski definition) is 1. The molecule has 0 spiro atoms. The van der Waals surface area contributed by atoms with E-state index in [0.717, 1.165) is 11.6 Å². The van der Waals surface area contributed by atoms with Crippen LogP contribution in [0, 0.1) is 17.5 Å². The van der Waals surface area contributed by atoms with Crippen LogP contribution in [-0.2, 0) is 6.54 Å². The second kappa shape index (κ2) is 6.43. The Morgan fingerprint density at radius 1 is 0.962 bits per heavy atom. The lowest BCUT2D eigenvalue weighted by Crippen LogP contribution is -2.04. The zero-order chi connectivity index (χ0) is 18.1. The highest BCUT2D eigenvalue weighted by Gasteiger charge is 2.15. The molecule has 9 heteroatoms. The zero-order valence-corrected chi connectivity index (χ0v) is 13.2. The van der Waals surface area contributed by atoms with Crippen LogP contribution in [0.1, 0.15) is 5.56 Å². The Kier molecular flexibility index (Phi) is 3.96. The number of halogens is 3. The van der Waals surface area contributed by atoms with E-state index in [0.29, 0.717) is 17.7 Å². The van der Waals surface area contributed by atoms with Crippen LogP contribution >= 0.6 is 0 Å². The summed E-state index contributed by atoms with van der Waals surface area (Å²) < 4.78 is 41.8. The maximum Gasteiger partial charge on any atom is 0.184 e. The molecule has 0 fully saturated rings. The molecule has 6 nitrogen and oxygen atoms in total. The summed E-state index contributed by atoms with van der Waals surface area (Å²) in [4.78, 5) is 8.17. The van der Waals surface area contributed by atoms with Crippen LogP contribution in [0.3, 0.4) is 0 Å². The summed E-state index contributed by atoms with van der Waals surface area (Å²) in [6, 6.07) is 9.75. The van der Waals surface area contributed by atoms with Crippen LogP contribution in [0.4, 0.5) is 24.7 Å². The van der Waals surface area contributed by atoms with Crippen LogP contribution in [0.15, 0.2) is 48.8 Å². The summed E-state index contributed by atoms with van der Waals surface area (Å²) in [6.45, 7) is 0.321. The number of nitrogens with one attached hydrogen (secondary N) is 1. The molecule has 0 bridgehead atoms. The van der Waals surface area contributed by atoms with E-state index in [1.54, 1.807) is 12.1 Å². The Labute approximate surface area is 145 Å². The number of benzene rings is 2. The van der Waals surface area contributed by atoms with Crippen molar-refractivity contribution in [3.63, 3.8) is 0 Å². The molecule has 4 aromatic rings. The van der Waals surface area contributed by atoms with Crippen LogP contribution in [0.5, 0.6) is 0 Å². The molecule has 0 radical (unpaired) electrons. The summed E-state index contributed by atoms with van der Waals surface area (Å²) in [5, 5.41) is 10.7. The molecular formula is C17H11F3N6. The van der Waals surface area contributed by atoms with E-state index in [2.05, 4.69) is 25.6 Å². The second-order valence-electron chi connectivity index (χ2n) is 5.49. The van der Waals surface area contributed by atoms with Gasteiger partial charge in [0.25, 0.3) is 0 Å². The van der Waals surface area contributed by atoms with Gasteiger partial charge in [-0.15, -0.1) is 5.10 Å². The van der Waals surface area contributed by atoms with Gasteiger partial charge in [-0.05, 0) is 29.8 Å². The predicted octanol–water partition coefficient (Wildman–Crippen LogP) is 3.43. The summed E-state index contributed by atoms with van der Waals surface area (Å²) in [6.07, 6.45) is 1.27. The Balaban J connectivity index is 1.68. The molecule has 2 aromatic heterocycles. The smallest absolute Gasteiger partial charge is 0.184 e. The fraction of sp³-hybridized carbons (Fsp3) is 0.0588. The summed E-state index contributed by atoms with van der Waals surface area (Å²) >= 11 is 0. The SMILES string of the molecule is Fc1ccc(Cn2nnc3c(Nc4cccc(F)c4F)ncnc32)cc1. The molecule has 0 atom stereocenters. The van der Waals surface area contributed by atoms with Crippen molar-refractivity contribution in [2.45, 2.75) is 6.54 Å². The minimum absolute atomic E-state index is 0.0712. The summed E-state index contributed by atoms with van der Waals surface area (Å²) in [7, 11) is 0. The molecule has 0 saturated carbocycles. The first-order valence-electron chi connectivity index (χ1n) is 7.61. The number of fused-ring (bicyclic) bond motifs is 1. The lowest BCUT2D eigenvalue weighted by atomic mass is 10.2. The molecular weight excluding hydrogens is 345 g/mol. The van der Waals surface area contributed by atoms with E-state index in [1.807, 2.05) is 0 Å². The molecule has 130 valence electrons. The van der Waals surface area contributed by atoms with Gasteiger partial charge in [0.1, 0.15) is 12.1 Å². The van der Waals surface area contributed by atoms with Crippen molar-refractivity contribution in [1.82, 2.24) is 25.0 Å². The number of rotatable bonds is 4. The monoisotopic (exact) mass is 356 g/mol. The van der Waals surface area contributed by atoms with Gasteiger partial charge in [0.2, 0.25) is 0 Å². The summed E-state index contributed by atoms with van der Waals surface area (Å²) in [5.74, 6) is -2.12. The van der Waals surface area contributed by atoms with Crippen molar-refractivity contribution in [3.8, 4) is 0 Å². The quantitative estimate of drug-likeness (QED) is 0.607. The van der Waals surface area contributed by atoms with Crippen LogP contribution in [-0.4, -0.2) is 25.0 Å². The molecule has 1 N–H and O–H groups in total. The molecule has 0 amide bonds. The third kappa shape index (κ3) is 2.94. The Bertz CT molecular complexity index is 1080. The van der Waals surface area contributed by atoms with Gasteiger partial charge in [0.05, 0.1) is 12.2 Å². The van der Waals surface area contributed by atoms with Gasteiger partial charge in [-0.3, -0.25) is 0 Å². The average Bonchev–Trinajstić information content (AvgIpc) is 3.05. The normalized spacial score (nSPS) is 11.0. The average molecular weight is 356 g/mol. The van der Waals surface area contributed by atoms with Crippen molar-refractivity contribution in [2.75, 3.05) is 5.32 Å². The third-order valence-electron chi connectivity index (χ3n) is 3.75. The van der Waals surface area contributed by atoms with Gasteiger partial charge in [0, 0.05) is 0 Å². The molecule has 2 aromatic carbocycles. The van der Waals surface area contributed by atoms with E-state index in [4.69, 9.17) is 0 Å². The molecule has 0 unspecified atom stereocenters. The van der Waals surface area contributed by atoms with E-state index < -0.39 is 11.6 Å². The fourth-order valence-electron chi connectivity index (χ4n) is 2.48. The Morgan fingerprint density at radius 3 is 2.58 bits per heavy atom. The zero-order valence-electron chi connectivity index (χ0n) is 13.2. The van der Waals surface area contributed by atoms with E-state index in [9.17, 15) is 13.2 Å². The molecule has 2 heterocycles. The number of aromatic nitrogens is 5. The maximum absolute atomic E-state index is 13.9. The van der Waals surface area contributed by atoms with Gasteiger partial charge in [-0.1, -0.05) is 23.4 Å². The van der Waals surface area contributed by atoms with Crippen LogP contribution in [0.2, 0.25) is 0 Å². The van der Waals surface area contributed by atoms with Crippen LogP contribution < -0.4 is 5.32 Å². The first kappa shape index (κ1) is 16.0. The minimum atomic E-state index is -1.02. The van der Waals surface area contributed by atoms with Gasteiger partial charge in [0.15, 0.2) is 28.6 Å². The molecule has 0 saturated heterocycles. The molecule has 0 aliphatic rings. The Hall–Kier alpha value is -3.49. The van der Waals surface area contributed by atoms with Gasteiger partial charge < -0.3 is 5.32 Å². The lowest BCUT2D eigenvalue weighted by molar-refractivity contribution is 0.511. The van der Waals surface area contributed by atoms with Gasteiger partial charge in [-0.25, -0.2) is 27.8 Å². The highest BCUT2D eigenvalue weighted by atomic mass is 19.2. The highest BCUT2D eigenvalue weighted by Crippen LogP contribution is 2.24. The fourth-order valence-corrected chi connectivity index (χ4v) is 2.48. The predicted molar refractivity (Wildman–Crippen MR) is 88.3 cm³/mol. The van der Waals surface area contributed by atoms with Gasteiger partial charge in [-0.2, -0.15) is 0 Å². The first-order valence-corrected chi connectivity index (χ1v) is 7.61. The largest absolute Gasteiger partial charge is 0.336 e. The van der Waals surface area contributed by atoms with E-state index in [1.165, 1.54) is 35.3 Å². The Morgan fingerprint density at radius 2 is 1.77 bits per heavy atom. The number of nitrogens with zero attached hydrogens (tertiary/aromatic N) is 5. The van der Waals surface area contributed by atoms with Crippen molar-refractivity contribution in [2.24, 2.45) is 0 Å². The molecule has 0 aliphatic heterocycles. The summed E-state index contributed by atoms with van der Waals surface area (Å²) in [5.41, 5.74) is 1.45. The van der Waals surface area contributed by atoms with E-state index >= 15 is 0 Å². The van der Waals surface area contributed by atoms with E-state index in [-0.39, 0.29) is 17.3 Å². The number of hydrogen-bond acceptors (Lipinski definition) is 5. The van der Waals surface area contributed by atoms with Crippen molar-refractivity contribution < 1.29 is 13.2 Å². The number of anilines is 2. The standard InChI is InChI=1S/C17H11F3N6/c18-11-6-4-10(5-7-11)8-26-17-15(24-25-26)16(21-9-22-17)23-13-3-1-2-12(19)14(13)20/h1-7,9H,8H2,(H,21,22,23). The topological polar surface area (TPSA) is 68.5 Å². The maximum atomic E-state index is 13.9. The van der Waals surface area contributed by atoms with Crippen molar-refractivity contribution >= 4 is 22.7 Å². The lowest BCUT2D eigenvalue weighted by Gasteiger charge is -2.07. The molecule has 26 heavy (non-hydrogen) atoms. The first-order chi connectivity index (χ1) is 12.6. The molecule has 0 aliphatic carbocycles. The van der Waals surface area contributed by atoms with Gasteiger partial charge >= 0.3 is 0 Å². The minimum Gasteiger partial charge on any atom is -0.336 e. The third-order valence-corrected chi connectivity index (χ3v) is 3.75.